The van der Waals surface area contributed by atoms with E-state index in [9.17, 15) is 4.79 Å². The zero-order chi connectivity index (χ0) is 11.2. The molecule has 2 rings (SSSR count). The van der Waals surface area contributed by atoms with Crippen LogP contribution in [-0.4, -0.2) is 35.5 Å². The van der Waals surface area contributed by atoms with E-state index >= 15 is 0 Å². The SMILES string of the molecule is O=C(NCC1CCNCC1)c1cncnc1. The molecule has 16 heavy (non-hydrogen) atoms. The molecule has 1 aromatic heterocycles. The van der Waals surface area contributed by atoms with Gasteiger partial charge >= 0.3 is 0 Å². The van der Waals surface area contributed by atoms with Crippen LogP contribution in [-0.2, 0) is 0 Å². The highest BCUT2D eigenvalue weighted by molar-refractivity contribution is 5.93. The van der Waals surface area contributed by atoms with Crippen molar-refractivity contribution < 1.29 is 4.79 Å². The van der Waals surface area contributed by atoms with Crippen LogP contribution in [0.2, 0.25) is 0 Å². The van der Waals surface area contributed by atoms with Gasteiger partial charge in [0.05, 0.1) is 5.56 Å². The third-order valence-corrected chi connectivity index (χ3v) is 2.83. The number of aromatic nitrogens is 2. The van der Waals surface area contributed by atoms with Crippen molar-refractivity contribution >= 4 is 5.91 Å². The molecule has 0 bridgehead atoms. The first-order chi connectivity index (χ1) is 7.86. The van der Waals surface area contributed by atoms with Gasteiger partial charge in [0.1, 0.15) is 6.33 Å². The monoisotopic (exact) mass is 220 g/mol. The molecule has 86 valence electrons. The summed E-state index contributed by atoms with van der Waals surface area (Å²) >= 11 is 0. The highest BCUT2D eigenvalue weighted by atomic mass is 16.1. The summed E-state index contributed by atoms with van der Waals surface area (Å²) in [5.74, 6) is 0.508. The van der Waals surface area contributed by atoms with Crippen LogP contribution in [0.1, 0.15) is 23.2 Å². The van der Waals surface area contributed by atoms with Gasteiger partial charge in [-0.3, -0.25) is 4.79 Å². The fourth-order valence-corrected chi connectivity index (χ4v) is 1.84. The maximum Gasteiger partial charge on any atom is 0.254 e. The fraction of sp³-hybridized carbons (Fsp3) is 0.545. The van der Waals surface area contributed by atoms with Crippen molar-refractivity contribution in [2.45, 2.75) is 12.8 Å². The third kappa shape index (κ3) is 3.00. The molecule has 1 aromatic rings. The standard InChI is InChI=1S/C11H16N4O/c16-11(10-6-13-8-14-7-10)15-5-9-1-3-12-4-2-9/h6-9,12H,1-5H2,(H,15,16). The summed E-state index contributed by atoms with van der Waals surface area (Å²) in [6.07, 6.45) is 6.75. The van der Waals surface area contributed by atoms with E-state index in [-0.39, 0.29) is 5.91 Å². The molecule has 0 saturated carbocycles. The number of nitrogens with zero attached hydrogens (tertiary/aromatic N) is 2. The van der Waals surface area contributed by atoms with Crippen LogP contribution in [0.3, 0.4) is 0 Å². The van der Waals surface area contributed by atoms with Crippen LogP contribution in [0, 0.1) is 5.92 Å². The number of hydrogen-bond donors (Lipinski definition) is 2. The van der Waals surface area contributed by atoms with E-state index in [1.807, 2.05) is 0 Å². The van der Waals surface area contributed by atoms with E-state index in [2.05, 4.69) is 20.6 Å². The summed E-state index contributed by atoms with van der Waals surface area (Å²) in [6, 6.07) is 0. The zero-order valence-electron chi connectivity index (χ0n) is 9.15. The molecule has 0 radical (unpaired) electrons. The van der Waals surface area contributed by atoms with Gasteiger partial charge in [0.15, 0.2) is 0 Å². The van der Waals surface area contributed by atoms with Crippen molar-refractivity contribution in [1.82, 2.24) is 20.6 Å². The molecule has 5 nitrogen and oxygen atoms in total. The fourth-order valence-electron chi connectivity index (χ4n) is 1.84. The minimum atomic E-state index is -0.0841. The summed E-state index contributed by atoms with van der Waals surface area (Å²) in [5, 5.41) is 6.22. The summed E-state index contributed by atoms with van der Waals surface area (Å²) in [5.41, 5.74) is 0.524. The number of carbonyl (C=O) groups is 1. The van der Waals surface area contributed by atoms with Gasteiger partial charge < -0.3 is 10.6 Å². The van der Waals surface area contributed by atoms with Gasteiger partial charge in [0.2, 0.25) is 0 Å². The van der Waals surface area contributed by atoms with Gasteiger partial charge in [-0.25, -0.2) is 9.97 Å². The topological polar surface area (TPSA) is 66.9 Å². The lowest BCUT2D eigenvalue weighted by atomic mass is 9.98. The summed E-state index contributed by atoms with van der Waals surface area (Å²) in [4.78, 5) is 19.3. The number of hydrogen-bond acceptors (Lipinski definition) is 4. The number of amides is 1. The first-order valence-electron chi connectivity index (χ1n) is 5.60. The Morgan fingerprint density at radius 2 is 2.06 bits per heavy atom. The highest BCUT2D eigenvalue weighted by Crippen LogP contribution is 2.09. The lowest BCUT2D eigenvalue weighted by Crippen LogP contribution is -2.36. The van der Waals surface area contributed by atoms with Gasteiger partial charge in [-0.1, -0.05) is 0 Å². The van der Waals surface area contributed by atoms with E-state index in [1.54, 1.807) is 0 Å². The number of nitrogens with one attached hydrogen (secondary N) is 2. The Hall–Kier alpha value is -1.49. The first-order valence-corrected chi connectivity index (χ1v) is 5.60. The molecule has 1 saturated heterocycles. The predicted octanol–water partition coefficient (Wildman–Crippen LogP) is 0.206. The van der Waals surface area contributed by atoms with E-state index in [4.69, 9.17) is 0 Å². The Balaban J connectivity index is 1.79. The zero-order valence-corrected chi connectivity index (χ0v) is 9.15. The number of carbonyl (C=O) groups excluding carboxylic acids is 1. The lowest BCUT2D eigenvalue weighted by Gasteiger charge is -2.22. The number of rotatable bonds is 3. The van der Waals surface area contributed by atoms with E-state index in [0.29, 0.717) is 11.5 Å². The molecule has 1 fully saturated rings. The minimum absolute atomic E-state index is 0.0841. The van der Waals surface area contributed by atoms with Crippen molar-refractivity contribution in [2.75, 3.05) is 19.6 Å². The second-order valence-corrected chi connectivity index (χ2v) is 4.03. The van der Waals surface area contributed by atoms with Gasteiger partial charge in [-0.15, -0.1) is 0 Å². The highest BCUT2D eigenvalue weighted by Gasteiger charge is 2.14. The lowest BCUT2D eigenvalue weighted by molar-refractivity contribution is 0.0943. The van der Waals surface area contributed by atoms with Crippen molar-refractivity contribution in [3.63, 3.8) is 0 Å². The van der Waals surface area contributed by atoms with E-state index in [0.717, 1.165) is 32.5 Å². The van der Waals surface area contributed by atoms with Gasteiger partial charge in [0.25, 0.3) is 5.91 Å². The van der Waals surface area contributed by atoms with Crippen molar-refractivity contribution in [3.05, 3.63) is 24.3 Å². The Morgan fingerprint density at radius 3 is 2.75 bits per heavy atom. The summed E-state index contributed by atoms with van der Waals surface area (Å²) < 4.78 is 0. The van der Waals surface area contributed by atoms with Gasteiger partial charge in [0, 0.05) is 18.9 Å². The van der Waals surface area contributed by atoms with Crippen LogP contribution in [0.5, 0.6) is 0 Å². The number of piperidine rings is 1. The Bertz CT molecular complexity index is 335. The molecular weight excluding hydrogens is 204 g/mol. The second kappa shape index (κ2) is 5.55. The maximum absolute atomic E-state index is 11.7. The molecule has 1 aliphatic heterocycles. The average molecular weight is 220 g/mol. The van der Waals surface area contributed by atoms with Crippen molar-refractivity contribution in [1.29, 1.82) is 0 Å². The smallest absolute Gasteiger partial charge is 0.254 e. The molecule has 0 spiro atoms. The Morgan fingerprint density at radius 1 is 1.38 bits per heavy atom. The molecule has 1 aliphatic rings. The molecular formula is C11H16N4O. The normalized spacial score (nSPS) is 17.0. The van der Waals surface area contributed by atoms with Crippen LogP contribution in [0.4, 0.5) is 0 Å². The molecule has 2 N–H and O–H groups in total. The van der Waals surface area contributed by atoms with E-state index in [1.165, 1.54) is 18.7 Å². The van der Waals surface area contributed by atoms with Crippen LogP contribution >= 0.6 is 0 Å². The van der Waals surface area contributed by atoms with Gasteiger partial charge in [-0.2, -0.15) is 0 Å². The molecule has 1 amide bonds. The maximum atomic E-state index is 11.7. The molecule has 5 heteroatoms. The molecule has 0 aromatic carbocycles. The largest absolute Gasteiger partial charge is 0.352 e. The molecule has 0 unspecified atom stereocenters. The van der Waals surface area contributed by atoms with E-state index < -0.39 is 0 Å². The van der Waals surface area contributed by atoms with Crippen molar-refractivity contribution in [3.8, 4) is 0 Å². The molecule has 0 atom stereocenters. The second-order valence-electron chi connectivity index (χ2n) is 4.03. The summed E-state index contributed by atoms with van der Waals surface area (Å²) in [6.45, 7) is 2.85. The third-order valence-electron chi connectivity index (χ3n) is 2.83. The van der Waals surface area contributed by atoms with Crippen LogP contribution < -0.4 is 10.6 Å². The van der Waals surface area contributed by atoms with Gasteiger partial charge in [-0.05, 0) is 31.8 Å². The van der Waals surface area contributed by atoms with Crippen LogP contribution in [0.25, 0.3) is 0 Å². The Labute approximate surface area is 94.7 Å². The predicted molar refractivity (Wildman–Crippen MR) is 60.0 cm³/mol. The Kier molecular flexibility index (Phi) is 3.82. The van der Waals surface area contributed by atoms with Crippen molar-refractivity contribution in [2.24, 2.45) is 5.92 Å². The summed E-state index contributed by atoms with van der Waals surface area (Å²) in [7, 11) is 0. The van der Waals surface area contributed by atoms with Crippen LogP contribution in [0.15, 0.2) is 18.7 Å². The molecule has 0 aliphatic carbocycles. The minimum Gasteiger partial charge on any atom is -0.352 e. The average Bonchev–Trinajstić information content (AvgIpc) is 2.38. The quantitative estimate of drug-likeness (QED) is 0.764. The first kappa shape index (κ1) is 11.0. The molecule has 2 heterocycles.